The number of sulfonamides is 1. The molecule has 224 valence electrons. The van der Waals surface area contributed by atoms with Crippen molar-refractivity contribution in [3.63, 3.8) is 0 Å². The fourth-order valence-electron chi connectivity index (χ4n) is 4.56. The van der Waals surface area contributed by atoms with E-state index in [4.69, 9.17) is 23.2 Å². The second-order valence-corrected chi connectivity index (χ2v) is 12.3. The van der Waals surface area contributed by atoms with Crippen molar-refractivity contribution in [1.82, 2.24) is 10.2 Å². The molecule has 43 heavy (non-hydrogen) atoms. The molecule has 7 nitrogen and oxygen atoms in total. The minimum Gasteiger partial charge on any atom is -0.355 e. The van der Waals surface area contributed by atoms with Crippen molar-refractivity contribution in [3.05, 3.63) is 130 Å². The first-order valence-corrected chi connectivity index (χ1v) is 15.7. The first-order valence-electron chi connectivity index (χ1n) is 13.5. The fraction of sp³-hybridized carbons (Fsp3) is 0.188. The monoisotopic (exact) mass is 641 g/mol. The Morgan fingerprint density at radius 3 is 2.00 bits per heavy atom. The molecule has 1 N–H and O–H groups in total. The van der Waals surface area contributed by atoms with Gasteiger partial charge in [0.25, 0.3) is 10.0 Å². The van der Waals surface area contributed by atoms with Gasteiger partial charge in [0.1, 0.15) is 18.4 Å². The number of halogens is 3. The van der Waals surface area contributed by atoms with Crippen LogP contribution in [0.1, 0.15) is 18.1 Å². The van der Waals surface area contributed by atoms with Crippen LogP contribution >= 0.6 is 23.2 Å². The van der Waals surface area contributed by atoms with Gasteiger partial charge in [-0.3, -0.25) is 13.9 Å². The van der Waals surface area contributed by atoms with Gasteiger partial charge in [0.05, 0.1) is 10.6 Å². The Labute approximate surface area is 260 Å². The molecule has 0 heterocycles. The van der Waals surface area contributed by atoms with Crippen LogP contribution in [0.15, 0.2) is 108 Å². The third kappa shape index (κ3) is 7.93. The molecule has 0 aliphatic rings. The van der Waals surface area contributed by atoms with E-state index in [2.05, 4.69) is 5.32 Å². The van der Waals surface area contributed by atoms with Crippen LogP contribution in [-0.4, -0.2) is 44.3 Å². The topological polar surface area (TPSA) is 86.8 Å². The van der Waals surface area contributed by atoms with Crippen molar-refractivity contribution in [2.75, 3.05) is 17.4 Å². The lowest BCUT2D eigenvalue weighted by Crippen LogP contribution is -2.53. The maximum atomic E-state index is 14.3. The highest BCUT2D eigenvalue weighted by Gasteiger charge is 2.35. The minimum atomic E-state index is -4.34. The van der Waals surface area contributed by atoms with Crippen LogP contribution in [0.5, 0.6) is 0 Å². The van der Waals surface area contributed by atoms with Crippen molar-refractivity contribution in [1.29, 1.82) is 0 Å². The number of benzene rings is 4. The molecule has 0 unspecified atom stereocenters. The van der Waals surface area contributed by atoms with Crippen molar-refractivity contribution in [2.24, 2.45) is 0 Å². The van der Waals surface area contributed by atoms with Gasteiger partial charge in [0.15, 0.2) is 0 Å². The second kappa shape index (κ2) is 14.5. The van der Waals surface area contributed by atoms with Gasteiger partial charge >= 0.3 is 0 Å². The summed E-state index contributed by atoms with van der Waals surface area (Å²) in [6.07, 6.45) is 0.149. The Morgan fingerprint density at radius 1 is 0.837 bits per heavy atom. The van der Waals surface area contributed by atoms with Crippen LogP contribution in [0.2, 0.25) is 10.0 Å². The van der Waals surface area contributed by atoms with Crippen LogP contribution in [0.4, 0.5) is 10.1 Å². The number of carbonyl (C=O) groups excluding carboxylic acids is 2. The second-order valence-electron chi connectivity index (χ2n) is 9.62. The van der Waals surface area contributed by atoms with Crippen molar-refractivity contribution in [3.8, 4) is 0 Å². The highest BCUT2D eigenvalue weighted by Crippen LogP contribution is 2.29. The summed E-state index contributed by atoms with van der Waals surface area (Å²) in [6, 6.07) is 25.5. The lowest BCUT2D eigenvalue weighted by Gasteiger charge is -2.34. The van der Waals surface area contributed by atoms with Crippen LogP contribution in [0.25, 0.3) is 0 Å². The van der Waals surface area contributed by atoms with Gasteiger partial charge in [-0.25, -0.2) is 12.8 Å². The molecule has 0 saturated heterocycles. The summed E-state index contributed by atoms with van der Waals surface area (Å²) in [5.41, 5.74) is 1.42. The van der Waals surface area contributed by atoms with Crippen molar-refractivity contribution >= 4 is 50.7 Å². The van der Waals surface area contributed by atoms with Gasteiger partial charge in [-0.2, -0.15) is 0 Å². The van der Waals surface area contributed by atoms with Crippen molar-refractivity contribution < 1.29 is 22.4 Å². The molecule has 0 aromatic heterocycles. The quantitative estimate of drug-likeness (QED) is 0.202. The van der Waals surface area contributed by atoms with Gasteiger partial charge in [0.2, 0.25) is 11.8 Å². The van der Waals surface area contributed by atoms with Crippen LogP contribution < -0.4 is 9.62 Å². The summed E-state index contributed by atoms with van der Waals surface area (Å²) in [7, 11) is -4.34. The number of rotatable bonds is 12. The first kappa shape index (κ1) is 32.0. The number of anilines is 1. The predicted octanol–water partition coefficient (Wildman–Crippen LogP) is 6.10. The summed E-state index contributed by atoms with van der Waals surface area (Å²) < 4.78 is 42.4. The summed E-state index contributed by atoms with van der Waals surface area (Å²) in [4.78, 5) is 28.9. The van der Waals surface area contributed by atoms with Gasteiger partial charge in [-0.05, 0) is 61.0 Å². The number of nitrogens with one attached hydrogen (secondary N) is 1. The zero-order valence-electron chi connectivity index (χ0n) is 23.3. The zero-order chi connectivity index (χ0) is 31.0. The molecular formula is C32H30Cl2FN3O4S. The summed E-state index contributed by atoms with van der Waals surface area (Å²) in [6.45, 7) is 1.26. The Bertz CT molecular complexity index is 1640. The first-order chi connectivity index (χ1) is 20.6. The molecular weight excluding hydrogens is 612 g/mol. The van der Waals surface area contributed by atoms with E-state index in [0.29, 0.717) is 22.2 Å². The molecule has 0 bridgehead atoms. The molecule has 11 heteroatoms. The third-order valence-corrected chi connectivity index (χ3v) is 9.23. The van der Waals surface area contributed by atoms with Gasteiger partial charge in [-0.15, -0.1) is 0 Å². The number of nitrogens with zero attached hydrogens (tertiary/aromatic N) is 2. The summed E-state index contributed by atoms with van der Waals surface area (Å²) in [5.74, 6) is -1.69. The van der Waals surface area contributed by atoms with Crippen LogP contribution in [-0.2, 0) is 32.6 Å². The zero-order valence-corrected chi connectivity index (χ0v) is 25.6. The summed E-state index contributed by atoms with van der Waals surface area (Å²) >= 11 is 13.0. The Balaban J connectivity index is 1.81. The summed E-state index contributed by atoms with van der Waals surface area (Å²) in [5, 5.41) is 3.38. The van der Waals surface area contributed by atoms with Gasteiger partial charge in [0, 0.05) is 35.1 Å². The highest BCUT2D eigenvalue weighted by atomic mass is 35.5. The Morgan fingerprint density at radius 2 is 1.42 bits per heavy atom. The molecule has 4 aromatic rings. The van der Waals surface area contributed by atoms with E-state index < -0.39 is 40.2 Å². The Kier molecular flexibility index (Phi) is 10.8. The lowest BCUT2D eigenvalue weighted by atomic mass is 10.0. The number of carbonyl (C=O) groups is 2. The van der Waals surface area contributed by atoms with Crippen molar-refractivity contribution in [2.45, 2.75) is 30.8 Å². The van der Waals surface area contributed by atoms with E-state index in [1.54, 1.807) is 55.5 Å². The Hall–Kier alpha value is -3.92. The number of para-hydroxylation sites is 1. The third-order valence-electron chi connectivity index (χ3n) is 6.74. The van der Waals surface area contributed by atoms with Gasteiger partial charge < -0.3 is 10.2 Å². The molecule has 4 rings (SSSR count). The molecule has 0 aliphatic carbocycles. The van der Waals surface area contributed by atoms with E-state index >= 15 is 0 Å². The highest BCUT2D eigenvalue weighted by molar-refractivity contribution is 7.92. The molecule has 0 aliphatic heterocycles. The normalized spacial score (nSPS) is 11.9. The van der Waals surface area contributed by atoms with Crippen LogP contribution in [0, 0.1) is 5.82 Å². The van der Waals surface area contributed by atoms with Crippen LogP contribution in [0.3, 0.4) is 0 Å². The predicted molar refractivity (Wildman–Crippen MR) is 167 cm³/mol. The number of hydrogen-bond donors (Lipinski definition) is 1. The average molecular weight is 643 g/mol. The SMILES string of the molecule is CCNC(=O)[C@H](Cc1ccccc1)N(Cc1c(Cl)cccc1Cl)C(=O)CN(c1ccccc1)S(=O)(=O)c1ccc(F)cc1. The maximum absolute atomic E-state index is 14.3. The minimum absolute atomic E-state index is 0.149. The van der Waals surface area contributed by atoms with E-state index in [0.717, 1.165) is 34.1 Å². The molecule has 0 spiro atoms. The molecule has 1 atom stereocenters. The lowest BCUT2D eigenvalue weighted by molar-refractivity contribution is -0.140. The van der Waals surface area contributed by atoms with E-state index in [1.807, 2.05) is 30.3 Å². The molecule has 2 amide bonds. The van der Waals surface area contributed by atoms with E-state index in [1.165, 1.54) is 4.90 Å². The molecule has 0 fully saturated rings. The molecule has 4 aromatic carbocycles. The fourth-order valence-corrected chi connectivity index (χ4v) is 6.49. The number of likely N-dealkylation sites (N-methyl/N-ethyl adjacent to an activating group) is 1. The standard InChI is InChI=1S/C32H30Cl2FN3O4S/c1-2-36-32(40)30(20-23-10-5-3-6-11-23)37(21-27-28(33)14-9-15-29(27)34)31(39)22-38(25-12-7-4-8-13-25)43(41,42)26-18-16-24(35)17-19-26/h3-19,30H,2,20-22H2,1H3,(H,36,40)/t30-/m0/s1. The van der Waals surface area contributed by atoms with Gasteiger partial charge in [-0.1, -0.05) is 77.8 Å². The largest absolute Gasteiger partial charge is 0.355 e. The average Bonchev–Trinajstić information content (AvgIpc) is 3.00. The maximum Gasteiger partial charge on any atom is 0.264 e. The van der Waals surface area contributed by atoms with E-state index in [-0.39, 0.29) is 23.5 Å². The smallest absolute Gasteiger partial charge is 0.264 e. The van der Waals surface area contributed by atoms with E-state index in [9.17, 15) is 22.4 Å². The molecule has 0 radical (unpaired) electrons. The number of hydrogen-bond acceptors (Lipinski definition) is 4. The number of amides is 2. The molecule has 0 saturated carbocycles.